The van der Waals surface area contributed by atoms with Gasteiger partial charge in [0.25, 0.3) is 0 Å². The summed E-state index contributed by atoms with van der Waals surface area (Å²) in [5.41, 5.74) is 4.53. The molecular weight excluding hydrogens is 222 g/mol. The smallest absolute Gasteiger partial charge is 0.0479 e. The van der Waals surface area contributed by atoms with E-state index in [4.69, 9.17) is 0 Å². The molecule has 0 unspecified atom stereocenters. The van der Waals surface area contributed by atoms with Gasteiger partial charge in [0.1, 0.15) is 0 Å². The van der Waals surface area contributed by atoms with Crippen molar-refractivity contribution in [2.24, 2.45) is 0 Å². The molecule has 0 spiro atoms. The Balaban J connectivity index is 1.87. The highest BCUT2D eigenvalue weighted by Gasteiger charge is 2.28. The summed E-state index contributed by atoms with van der Waals surface area (Å²) in [7, 11) is 2.22. The minimum Gasteiger partial charge on any atom is -0.311 e. The molecule has 0 radical (unpaired) electrons. The fourth-order valence-corrected chi connectivity index (χ4v) is 3.26. The molecule has 1 fully saturated rings. The lowest BCUT2D eigenvalue weighted by molar-refractivity contribution is 0.106. The van der Waals surface area contributed by atoms with Crippen LogP contribution in [0.5, 0.6) is 0 Å². The number of likely N-dealkylation sites (N-methyl/N-ethyl adjacent to an activating group) is 1. The van der Waals surface area contributed by atoms with Crippen molar-refractivity contribution in [2.45, 2.75) is 19.5 Å². The lowest BCUT2D eigenvalue weighted by Gasteiger charge is -2.41. The van der Waals surface area contributed by atoms with Crippen LogP contribution in [0.15, 0.2) is 18.2 Å². The quantitative estimate of drug-likeness (QED) is 0.806. The zero-order valence-electron chi connectivity index (χ0n) is 11.4. The minimum atomic E-state index is 0.573. The Labute approximate surface area is 110 Å². The molecule has 2 heterocycles. The van der Waals surface area contributed by atoms with Crippen molar-refractivity contribution < 1.29 is 0 Å². The van der Waals surface area contributed by atoms with E-state index in [0.717, 1.165) is 13.1 Å². The molecule has 18 heavy (non-hydrogen) atoms. The van der Waals surface area contributed by atoms with Crippen LogP contribution < -0.4 is 5.32 Å². The number of nitrogens with zero attached hydrogens (tertiary/aromatic N) is 2. The maximum atomic E-state index is 3.57. The van der Waals surface area contributed by atoms with Gasteiger partial charge in [-0.05, 0) is 30.7 Å². The zero-order chi connectivity index (χ0) is 12.5. The van der Waals surface area contributed by atoms with Crippen LogP contribution in [-0.4, -0.2) is 49.6 Å². The van der Waals surface area contributed by atoms with Crippen LogP contribution in [0.2, 0.25) is 0 Å². The Morgan fingerprint density at radius 1 is 1.17 bits per heavy atom. The first-order valence-electron chi connectivity index (χ1n) is 6.97. The fourth-order valence-electron chi connectivity index (χ4n) is 3.26. The first-order chi connectivity index (χ1) is 8.75. The summed E-state index contributed by atoms with van der Waals surface area (Å²) < 4.78 is 0. The van der Waals surface area contributed by atoms with E-state index in [1.165, 1.54) is 37.3 Å². The summed E-state index contributed by atoms with van der Waals surface area (Å²) in [6.45, 7) is 9.15. The number of nitrogens with one attached hydrogen (secondary N) is 1. The molecule has 0 aromatic heterocycles. The largest absolute Gasteiger partial charge is 0.311 e. The highest BCUT2D eigenvalue weighted by atomic mass is 15.3. The molecule has 0 saturated carbocycles. The number of piperazine rings is 1. The van der Waals surface area contributed by atoms with Gasteiger partial charge in [0, 0.05) is 45.3 Å². The number of hydrogen-bond acceptors (Lipinski definition) is 3. The van der Waals surface area contributed by atoms with E-state index >= 15 is 0 Å². The first kappa shape index (κ1) is 12.2. The van der Waals surface area contributed by atoms with E-state index in [1.807, 2.05) is 0 Å². The van der Waals surface area contributed by atoms with Crippen molar-refractivity contribution in [1.82, 2.24) is 15.1 Å². The highest BCUT2D eigenvalue weighted by Crippen LogP contribution is 2.30. The van der Waals surface area contributed by atoms with E-state index < -0.39 is 0 Å². The number of rotatable bonds is 1. The van der Waals surface area contributed by atoms with Crippen molar-refractivity contribution >= 4 is 0 Å². The van der Waals surface area contributed by atoms with Gasteiger partial charge in [-0.25, -0.2) is 0 Å². The Kier molecular flexibility index (Phi) is 3.37. The van der Waals surface area contributed by atoms with Gasteiger partial charge < -0.3 is 10.2 Å². The van der Waals surface area contributed by atoms with Crippen LogP contribution in [0.3, 0.4) is 0 Å². The Morgan fingerprint density at radius 3 is 2.72 bits per heavy atom. The number of fused-ring (bicyclic) bond motifs is 1. The van der Waals surface area contributed by atoms with Crippen LogP contribution >= 0.6 is 0 Å². The number of benzene rings is 1. The predicted molar refractivity (Wildman–Crippen MR) is 74.7 cm³/mol. The monoisotopic (exact) mass is 245 g/mol. The van der Waals surface area contributed by atoms with Crippen LogP contribution in [0.1, 0.15) is 22.7 Å². The standard InChI is InChI=1S/C15H23N3/c1-12-4-3-5-13-10-16-11-14(15(12)13)18-8-6-17(2)7-9-18/h3-5,14,16H,6-11H2,1-2H3/t14-/m0/s1. The third-order valence-electron chi connectivity index (χ3n) is 4.38. The third-order valence-corrected chi connectivity index (χ3v) is 4.38. The summed E-state index contributed by atoms with van der Waals surface area (Å²) in [4.78, 5) is 5.07. The molecule has 0 bridgehead atoms. The lowest BCUT2D eigenvalue weighted by atomic mass is 9.91. The Bertz CT molecular complexity index is 422. The second-order valence-corrected chi connectivity index (χ2v) is 5.63. The third kappa shape index (κ3) is 2.18. The normalized spacial score (nSPS) is 26.0. The summed E-state index contributed by atoms with van der Waals surface area (Å²) in [6.07, 6.45) is 0. The molecule has 3 nitrogen and oxygen atoms in total. The van der Waals surface area contributed by atoms with Gasteiger partial charge in [0.15, 0.2) is 0 Å². The second-order valence-electron chi connectivity index (χ2n) is 5.63. The molecule has 3 heteroatoms. The molecule has 1 aromatic carbocycles. The van der Waals surface area contributed by atoms with Gasteiger partial charge in [-0.2, -0.15) is 0 Å². The molecular formula is C15H23N3. The van der Waals surface area contributed by atoms with Crippen molar-refractivity contribution in [3.05, 3.63) is 34.9 Å². The molecule has 1 atom stereocenters. The first-order valence-corrected chi connectivity index (χ1v) is 6.97. The lowest BCUT2D eigenvalue weighted by Crippen LogP contribution is -2.49. The van der Waals surface area contributed by atoms with E-state index in [0.29, 0.717) is 6.04 Å². The van der Waals surface area contributed by atoms with Crippen LogP contribution in [0, 0.1) is 6.92 Å². The average Bonchev–Trinajstić information content (AvgIpc) is 2.39. The number of hydrogen-bond donors (Lipinski definition) is 1. The molecule has 2 aliphatic heterocycles. The predicted octanol–water partition coefficient (Wildman–Crippen LogP) is 1.39. The average molecular weight is 245 g/mol. The maximum absolute atomic E-state index is 3.57. The molecule has 2 aliphatic rings. The van der Waals surface area contributed by atoms with Crippen LogP contribution in [-0.2, 0) is 6.54 Å². The van der Waals surface area contributed by atoms with Crippen molar-refractivity contribution in [3.8, 4) is 0 Å². The number of aryl methyl sites for hydroxylation is 1. The van der Waals surface area contributed by atoms with Crippen molar-refractivity contribution in [3.63, 3.8) is 0 Å². The van der Waals surface area contributed by atoms with Gasteiger partial charge in [0.2, 0.25) is 0 Å². The Hall–Kier alpha value is -0.900. The summed E-state index contributed by atoms with van der Waals surface area (Å²) in [6, 6.07) is 7.29. The molecule has 1 aromatic rings. The van der Waals surface area contributed by atoms with E-state index in [1.54, 1.807) is 5.56 Å². The zero-order valence-corrected chi connectivity index (χ0v) is 11.4. The summed E-state index contributed by atoms with van der Waals surface area (Å²) >= 11 is 0. The van der Waals surface area contributed by atoms with Gasteiger partial charge in [-0.1, -0.05) is 18.2 Å². The molecule has 1 N–H and O–H groups in total. The summed E-state index contributed by atoms with van der Waals surface area (Å²) in [5.74, 6) is 0. The topological polar surface area (TPSA) is 18.5 Å². The second kappa shape index (κ2) is 5.00. The molecule has 0 amide bonds. The van der Waals surface area contributed by atoms with Gasteiger partial charge in [-0.3, -0.25) is 4.90 Å². The van der Waals surface area contributed by atoms with Crippen molar-refractivity contribution in [2.75, 3.05) is 39.8 Å². The van der Waals surface area contributed by atoms with E-state index in [-0.39, 0.29) is 0 Å². The summed E-state index contributed by atoms with van der Waals surface area (Å²) in [5, 5.41) is 3.57. The molecule has 1 saturated heterocycles. The maximum Gasteiger partial charge on any atom is 0.0479 e. The fraction of sp³-hybridized carbons (Fsp3) is 0.600. The van der Waals surface area contributed by atoms with Gasteiger partial charge in [-0.15, -0.1) is 0 Å². The van der Waals surface area contributed by atoms with Crippen LogP contribution in [0.4, 0.5) is 0 Å². The van der Waals surface area contributed by atoms with E-state index in [2.05, 4.69) is 47.3 Å². The highest BCUT2D eigenvalue weighted by molar-refractivity contribution is 5.39. The van der Waals surface area contributed by atoms with Gasteiger partial charge in [0.05, 0.1) is 0 Å². The molecule has 3 rings (SSSR count). The minimum absolute atomic E-state index is 0.573. The van der Waals surface area contributed by atoms with Crippen LogP contribution in [0.25, 0.3) is 0 Å². The molecule has 0 aliphatic carbocycles. The molecule has 98 valence electrons. The Morgan fingerprint density at radius 2 is 1.94 bits per heavy atom. The van der Waals surface area contributed by atoms with E-state index in [9.17, 15) is 0 Å². The van der Waals surface area contributed by atoms with Gasteiger partial charge >= 0.3 is 0 Å². The SMILES string of the molecule is Cc1cccc2c1[C@@H](N1CCN(C)CC1)CNC2. The van der Waals surface area contributed by atoms with Crippen molar-refractivity contribution in [1.29, 1.82) is 0 Å².